The molecule has 25 heavy (non-hydrogen) atoms. The summed E-state index contributed by atoms with van der Waals surface area (Å²) in [4.78, 5) is 6.07. The number of hydrogen-bond acceptors (Lipinski definition) is 3. The molecule has 0 bridgehead atoms. The molecule has 4 nitrogen and oxygen atoms in total. The topological polar surface area (TPSA) is 51.3 Å². The fourth-order valence-electron chi connectivity index (χ4n) is 5.21. The maximum absolute atomic E-state index is 9.99. The SMILES string of the molecule is CC1C=Cc2[nH]cc(C3CCN(C(CO)C4CCNCC4)CC3)c2C1. The number of likely N-dealkylation sites (tertiary alicyclic amines) is 1. The van der Waals surface area contributed by atoms with Crippen LogP contribution >= 0.6 is 0 Å². The van der Waals surface area contributed by atoms with E-state index in [0.717, 1.165) is 26.2 Å². The van der Waals surface area contributed by atoms with E-state index in [2.05, 4.69) is 40.5 Å². The van der Waals surface area contributed by atoms with Crippen LogP contribution in [0.5, 0.6) is 0 Å². The van der Waals surface area contributed by atoms with Gasteiger partial charge in [0.05, 0.1) is 6.61 Å². The summed E-state index contributed by atoms with van der Waals surface area (Å²) in [6.07, 6.45) is 12.9. The standard InChI is InChI=1S/C21H33N3O/c1-15-2-3-20-18(12-15)19(13-23-20)16-6-10-24(11-7-16)21(14-25)17-4-8-22-9-5-17/h2-3,13,15-17,21-23,25H,4-12,14H2,1H3. The zero-order chi connectivity index (χ0) is 17.2. The molecule has 2 unspecified atom stereocenters. The number of nitrogens with one attached hydrogen (secondary N) is 2. The lowest BCUT2D eigenvalue weighted by atomic mass is 9.82. The quantitative estimate of drug-likeness (QED) is 0.788. The van der Waals surface area contributed by atoms with Crippen LogP contribution in [-0.2, 0) is 6.42 Å². The molecule has 2 fully saturated rings. The van der Waals surface area contributed by atoms with Crippen LogP contribution in [0.2, 0.25) is 0 Å². The summed E-state index contributed by atoms with van der Waals surface area (Å²) in [6.45, 7) is 7.11. The predicted octanol–water partition coefficient (Wildman–Crippen LogP) is 2.76. The molecule has 4 rings (SSSR count). The van der Waals surface area contributed by atoms with Crippen molar-refractivity contribution in [2.24, 2.45) is 11.8 Å². The molecule has 3 heterocycles. The van der Waals surface area contributed by atoms with Crippen molar-refractivity contribution in [1.29, 1.82) is 0 Å². The molecule has 1 aromatic heterocycles. The molecule has 3 N–H and O–H groups in total. The Kier molecular flexibility index (Phi) is 5.30. The Morgan fingerprint density at radius 1 is 1.20 bits per heavy atom. The molecule has 0 spiro atoms. The first-order valence-corrected chi connectivity index (χ1v) is 10.2. The van der Waals surface area contributed by atoms with E-state index in [-0.39, 0.29) is 0 Å². The van der Waals surface area contributed by atoms with Gasteiger partial charge < -0.3 is 15.4 Å². The summed E-state index contributed by atoms with van der Waals surface area (Å²) in [5.41, 5.74) is 4.46. The minimum Gasteiger partial charge on any atom is -0.395 e. The highest BCUT2D eigenvalue weighted by Crippen LogP contribution is 2.36. The number of rotatable bonds is 4. The van der Waals surface area contributed by atoms with Crippen LogP contribution in [0.3, 0.4) is 0 Å². The molecular formula is C21H33N3O. The first kappa shape index (κ1) is 17.3. The van der Waals surface area contributed by atoms with E-state index in [0.29, 0.717) is 30.4 Å². The highest BCUT2D eigenvalue weighted by molar-refractivity contribution is 5.56. The molecule has 4 heteroatoms. The van der Waals surface area contributed by atoms with Crippen molar-refractivity contribution in [3.05, 3.63) is 29.1 Å². The normalized spacial score (nSPS) is 27.4. The molecule has 1 aliphatic carbocycles. The van der Waals surface area contributed by atoms with Gasteiger partial charge in [0.2, 0.25) is 0 Å². The Hall–Kier alpha value is -1.10. The van der Waals surface area contributed by atoms with Gasteiger partial charge in [-0.3, -0.25) is 4.90 Å². The maximum atomic E-state index is 9.99. The minimum atomic E-state index is 0.317. The second kappa shape index (κ2) is 7.65. The van der Waals surface area contributed by atoms with Crippen LogP contribution in [-0.4, -0.2) is 53.8 Å². The first-order valence-electron chi connectivity index (χ1n) is 10.2. The van der Waals surface area contributed by atoms with Crippen molar-refractivity contribution in [3.8, 4) is 0 Å². The van der Waals surface area contributed by atoms with Gasteiger partial charge in [-0.25, -0.2) is 0 Å². The van der Waals surface area contributed by atoms with E-state index in [9.17, 15) is 5.11 Å². The Bertz CT molecular complexity index is 594. The third-order valence-electron chi connectivity index (χ3n) is 6.73. The van der Waals surface area contributed by atoms with Gasteiger partial charge in [-0.1, -0.05) is 13.0 Å². The molecule has 3 aliphatic rings. The summed E-state index contributed by atoms with van der Waals surface area (Å²) < 4.78 is 0. The van der Waals surface area contributed by atoms with Crippen LogP contribution in [0.15, 0.2) is 12.3 Å². The average molecular weight is 344 g/mol. The van der Waals surface area contributed by atoms with E-state index < -0.39 is 0 Å². The summed E-state index contributed by atoms with van der Waals surface area (Å²) >= 11 is 0. The summed E-state index contributed by atoms with van der Waals surface area (Å²) in [5.74, 6) is 2.00. The molecule has 2 aliphatic heterocycles. The molecule has 0 radical (unpaired) electrons. The van der Waals surface area contributed by atoms with Gasteiger partial charge >= 0.3 is 0 Å². The number of aromatic amines is 1. The number of aromatic nitrogens is 1. The Morgan fingerprint density at radius 2 is 1.96 bits per heavy atom. The van der Waals surface area contributed by atoms with Gasteiger partial charge in [-0.2, -0.15) is 0 Å². The average Bonchev–Trinajstić information content (AvgIpc) is 3.07. The fourth-order valence-corrected chi connectivity index (χ4v) is 5.21. The highest BCUT2D eigenvalue weighted by Gasteiger charge is 2.32. The maximum Gasteiger partial charge on any atom is 0.0589 e. The lowest BCUT2D eigenvalue weighted by Gasteiger charge is -2.41. The minimum absolute atomic E-state index is 0.317. The van der Waals surface area contributed by atoms with E-state index in [4.69, 9.17) is 0 Å². The predicted molar refractivity (Wildman–Crippen MR) is 103 cm³/mol. The van der Waals surface area contributed by atoms with Crippen LogP contribution in [0.1, 0.15) is 55.3 Å². The van der Waals surface area contributed by atoms with Crippen LogP contribution in [0, 0.1) is 11.8 Å². The highest BCUT2D eigenvalue weighted by atomic mass is 16.3. The van der Waals surface area contributed by atoms with Crippen molar-refractivity contribution >= 4 is 6.08 Å². The van der Waals surface area contributed by atoms with Gasteiger partial charge in [-0.15, -0.1) is 0 Å². The summed E-state index contributed by atoms with van der Waals surface area (Å²) in [7, 11) is 0. The van der Waals surface area contributed by atoms with Gasteiger partial charge in [0.1, 0.15) is 0 Å². The van der Waals surface area contributed by atoms with Crippen LogP contribution in [0.25, 0.3) is 6.08 Å². The molecule has 1 aromatic rings. The van der Waals surface area contributed by atoms with Gasteiger partial charge in [-0.05, 0) is 93.2 Å². The Morgan fingerprint density at radius 3 is 2.68 bits per heavy atom. The van der Waals surface area contributed by atoms with Crippen molar-refractivity contribution in [1.82, 2.24) is 15.2 Å². The number of hydrogen-bond donors (Lipinski definition) is 3. The lowest BCUT2D eigenvalue weighted by molar-refractivity contribution is 0.0495. The summed E-state index contributed by atoms with van der Waals surface area (Å²) in [6, 6.07) is 0.367. The zero-order valence-electron chi connectivity index (χ0n) is 15.5. The van der Waals surface area contributed by atoms with E-state index >= 15 is 0 Å². The Balaban J connectivity index is 1.40. The molecule has 0 aromatic carbocycles. The molecule has 0 saturated carbocycles. The first-order chi connectivity index (χ1) is 12.3. The number of H-pyrrole nitrogens is 1. The third kappa shape index (κ3) is 3.57. The van der Waals surface area contributed by atoms with Crippen molar-refractivity contribution in [3.63, 3.8) is 0 Å². The molecule has 0 amide bonds. The molecular weight excluding hydrogens is 310 g/mol. The second-order valence-electron chi connectivity index (χ2n) is 8.32. The summed E-state index contributed by atoms with van der Waals surface area (Å²) in [5, 5.41) is 13.4. The van der Waals surface area contributed by atoms with Crippen molar-refractivity contribution in [2.75, 3.05) is 32.8 Å². The van der Waals surface area contributed by atoms with Crippen molar-refractivity contribution < 1.29 is 5.11 Å². The molecule has 2 saturated heterocycles. The monoisotopic (exact) mass is 343 g/mol. The lowest BCUT2D eigenvalue weighted by Crippen LogP contribution is -2.49. The van der Waals surface area contributed by atoms with E-state index in [1.54, 1.807) is 11.1 Å². The number of aliphatic hydroxyl groups excluding tert-OH is 1. The number of piperidine rings is 2. The van der Waals surface area contributed by atoms with Gasteiger partial charge in [0.15, 0.2) is 0 Å². The van der Waals surface area contributed by atoms with Crippen LogP contribution < -0.4 is 5.32 Å². The van der Waals surface area contributed by atoms with E-state index in [1.165, 1.54) is 37.8 Å². The van der Waals surface area contributed by atoms with Gasteiger partial charge in [0, 0.05) is 17.9 Å². The van der Waals surface area contributed by atoms with E-state index in [1.807, 2.05) is 0 Å². The number of aliphatic hydroxyl groups is 1. The number of nitrogens with zero attached hydrogens (tertiary/aromatic N) is 1. The number of fused-ring (bicyclic) bond motifs is 1. The molecule has 138 valence electrons. The zero-order valence-corrected chi connectivity index (χ0v) is 15.5. The number of allylic oxidation sites excluding steroid dienone is 1. The Labute approximate surface area is 151 Å². The van der Waals surface area contributed by atoms with Crippen molar-refractivity contribution in [2.45, 2.75) is 51.0 Å². The second-order valence-corrected chi connectivity index (χ2v) is 8.32. The fraction of sp³-hybridized carbons (Fsp3) is 0.714. The smallest absolute Gasteiger partial charge is 0.0589 e. The third-order valence-corrected chi connectivity index (χ3v) is 6.73. The molecule has 2 atom stereocenters. The van der Waals surface area contributed by atoms with Gasteiger partial charge in [0.25, 0.3) is 0 Å². The largest absolute Gasteiger partial charge is 0.395 e. The van der Waals surface area contributed by atoms with Crippen LogP contribution in [0.4, 0.5) is 0 Å².